The normalized spacial score (nSPS) is 76.1. The minimum atomic E-state index is -0.439. The number of hydrogen-bond donors (Lipinski definition) is 3. The molecule has 0 radical (unpaired) electrons. The van der Waals surface area contributed by atoms with Crippen molar-refractivity contribution in [2.24, 2.45) is 39.9 Å². The number of hydrogen-bond acceptors (Lipinski definition) is 4. The summed E-state index contributed by atoms with van der Waals surface area (Å²) in [4.78, 5) is 2.77. The van der Waals surface area contributed by atoms with E-state index in [-0.39, 0.29) is 40.3 Å². The van der Waals surface area contributed by atoms with Gasteiger partial charge >= 0.3 is 0 Å². The molecule has 130 valence electrons. The van der Waals surface area contributed by atoms with Crippen molar-refractivity contribution in [2.45, 2.75) is 63.0 Å². The van der Waals surface area contributed by atoms with E-state index in [0.717, 1.165) is 37.8 Å². The Hall–Kier alpha value is -0.420. The molecule has 6 aliphatic carbocycles. The van der Waals surface area contributed by atoms with E-state index in [2.05, 4.69) is 18.4 Å². The Morgan fingerprint density at radius 2 is 1.88 bits per heavy atom. The summed E-state index contributed by atoms with van der Waals surface area (Å²) in [6.45, 7) is 7.69. The van der Waals surface area contributed by atoms with Gasteiger partial charge in [-0.1, -0.05) is 13.5 Å². The first-order chi connectivity index (χ1) is 11.4. The first kappa shape index (κ1) is 13.7. The van der Waals surface area contributed by atoms with Crippen molar-refractivity contribution in [1.82, 2.24) is 4.90 Å². The van der Waals surface area contributed by atoms with E-state index in [1.807, 2.05) is 0 Å². The van der Waals surface area contributed by atoms with Gasteiger partial charge in [0.05, 0.1) is 18.3 Å². The molecule has 3 heterocycles. The van der Waals surface area contributed by atoms with Gasteiger partial charge < -0.3 is 15.3 Å². The van der Waals surface area contributed by atoms with Crippen LogP contribution in [-0.4, -0.2) is 57.2 Å². The van der Waals surface area contributed by atoms with Crippen molar-refractivity contribution < 1.29 is 15.3 Å². The SMILES string of the molecule is C=C1C2CC3C4N5CC6(C)CC(O)CC47C6C5CC3(C1O)C7C2O. The summed E-state index contributed by atoms with van der Waals surface area (Å²) >= 11 is 0. The van der Waals surface area contributed by atoms with Crippen LogP contribution in [0.25, 0.3) is 0 Å². The summed E-state index contributed by atoms with van der Waals surface area (Å²) in [5.41, 5.74) is 0.970. The van der Waals surface area contributed by atoms with Crippen LogP contribution in [0.3, 0.4) is 0 Å². The third-order valence-electron chi connectivity index (χ3n) is 10.3. The summed E-state index contributed by atoms with van der Waals surface area (Å²) in [6, 6.07) is 1.04. The van der Waals surface area contributed by atoms with Gasteiger partial charge in [-0.15, -0.1) is 0 Å². The maximum Gasteiger partial charge on any atom is 0.0815 e. The summed E-state index contributed by atoms with van der Waals surface area (Å²) in [5, 5.41) is 33.3. The lowest BCUT2D eigenvalue weighted by molar-refractivity contribution is -0.220. The number of aliphatic hydroxyl groups is 3. The van der Waals surface area contributed by atoms with Crippen LogP contribution in [0, 0.1) is 39.9 Å². The second-order valence-corrected chi connectivity index (χ2v) is 10.7. The average molecular weight is 329 g/mol. The van der Waals surface area contributed by atoms with E-state index in [1.54, 1.807) is 0 Å². The van der Waals surface area contributed by atoms with E-state index >= 15 is 0 Å². The molecule has 9 rings (SSSR count). The van der Waals surface area contributed by atoms with Crippen LogP contribution in [0.2, 0.25) is 0 Å². The monoisotopic (exact) mass is 329 g/mol. The summed E-state index contributed by atoms with van der Waals surface area (Å²) in [6.07, 6.45) is 2.76. The van der Waals surface area contributed by atoms with E-state index < -0.39 is 6.10 Å². The number of piperidine rings is 2. The molecule has 6 saturated carbocycles. The predicted octanol–water partition coefficient (Wildman–Crippen LogP) is 0.764. The lowest BCUT2D eigenvalue weighted by Crippen LogP contribution is -2.69. The Kier molecular flexibility index (Phi) is 1.95. The fraction of sp³-hybridized carbons (Fsp3) is 0.900. The van der Waals surface area contributed by atoms with E-state index in [1.165, 1.54) is 0 Å². The quantitative estimate of drug-likeness (QED) is 0.574. The van der Waals surface area contributed by atoms with E-state index in [0.29, 0.717) is 23.9 Å². The molecular formula is C20H27NO3. The molecule has 3 saturated heterocycles. The van der Waals surface area contributed by atoms with E-state index in [4.69, 9.17) is 0 Å². The van der Waals surface area contributed by atoms with Gasteiger partial charge in [0.2, 0.25) is 0 Å². The van der Waals surface area contributed by atoms with Crippen LogP contribution in [0.4, 0.5) is 0 Å². The molecule has 24 heavy (non-hydrogen) atoms. The largest absolute Gasteiger partial charge is 0.393 e. The zero-order valence-corrected chi connectivity index (χ0v) is 14.2. The zero-order valence-electron chi connectivity index (χ0n) is 14.2. The van der Waals surface area contributed by atoms with Crippen LogP contribution in [0.15, 0.2) is 12.2 Å². The average Bonchev–Trinajstić information content (AvgIpc) is 2.92. The molecule has 13 atom stereocenters. The van der Waals surface area contributed by atoms with Gasteiger partial charge in [-0.3, -0.25) is 4.90 Å². The third-order valence-corrected chi connectivity index (χ3v) is 10.3. The zero-order chi connectivity index (χ0) is 16.4. The van der Waals surface area contributed by atoms with Gasteiger partial charge in [0.1, 0.15) is 0 Å². The van der Waals surface area contributed by atoms with Crippen molar-refractivity contribution in [3.8, 4) is 0 Å². The van der Waals surface area contributed by atoms with Gasteiger partial charge in [0.25, 0.3) is 0 Å². The molecule has 0 aromatic heterocycles. The molecule has 3 N–H and O–H groups in total. The van der Waals surface area contributed by atoms with Gasteiger partial charge in [-0.2, -0.15) is 0 Å². The van der Waals surface area contributed by atoms with Crippen molar-refractivity contribution >= 4 is 0 Å². The van der Waals surface area contributed by atoms with Crippen LogP contribution in [0.5, 0.6) is 0 Å². The smallest absolute Gasteiger partial charge is 0.0815 e. The molecule has 13 unspecified atom stereocenters. The van der Waals surface area contributed by atoms with E-state index in [9.17, 15) is 15.3 Å². The number of aliphatic hydroxyl groups excluding tert-OH is 3. The van der Waals surface area contributed by atoms with Crippen molar-refractivity contribution in [3.63, 3.8) is 0 Å². The number of fused-ring (bicyclic) bond motifs is 1. The van der Waals surface area contributed by atoms with Gasteiger partial charge in [-0.05, 0) is 53.9 Å². The molecule has 9 bridgehead atoms. The fourth-order valence-corrected chi connectivity index (χ4v) is 10.6. The molecule has 3 aliphatic heterocycles. The second kappa shape index (κ2) is 3.40. The molecule has 2 spiro atoms. The fourth-order valence-electron chi connectivity index (χ4n) is 10.6. The van der Waals surface area contributed by atoms with Crippen LogP contribution >= 0.6 is 0 Å². The Balaban J connectivity index is 1.54. The highest BCUT2D eigenvalue weighted by Crippen LogP contribution is 2.86. The summed E-state index contributed by atoms with van der Waals surface area (Å²) in [7, 11) is 0. The Morgan fingerprint density at radius 1 is 1.08 bits per heavy atom. The molecular weight excluding hydrogens is 302 g/mol. The molecule has 0 amide bonds. The topological polar surface area (TPSA) is 63.9 Å². The maximum atomic E-state index is 11.3. The first-order valence-corrected chi connectivity index (χ1v) is 9.85. The highest BCUT2D eigenvalue weighted by atomic mass is 16.3. The van der Waals surface area contributed by atoms with Crippen LogP contribution in [0.1, 0.15) is 32.6 Å². The standard InChI is InChI=1S/C20H27NO3/c1-8-10-3-11-16-20-5-9(22)4-18(2)7-21(16)12(14(18)20)6-19(11,17(8)24)15(20)13(10)23/h9-17,22-24H,1,3-7H2,2H3. The second-order valence-electron chi connectivity index (χ2n) is 10.7. The Labute approximate surface area is 142 Å². The van der Waals surface area contributed by atoms with Crippen LogP contribution < -0.4 is 0 Å². The molecule has 0 aromatic rings. The van der Waals surface area contributed by atoms with Gasteiger partial charge in [-0.25, -0.2) is 0 Å². The lowest BCUT2D eigenvalue weighted by atomic mass is 9.39. The highest BCUT2D eigenvalue weighted by Gasteiger charge is 2.90. The third kappa shape index (κ3) is 0.960. The predicted molar refractivity (Wildman–Crippen MR) is 86.8 cm³/mol. The molecule has 4 nitrogen and oxygen atoms in total. The van der Waals surface area contributed by atoms with Gasteiger partial charge in [0, 0.05) is 35.9 Å². The van der Waals surface area contributed by atoms with Crippen molar-refractivity contribution in [1.29, 1.82) is 0 Å². The Morgan fingerprint density at radius 3 is 2.67 bits per heavy atom. The van der Waals surface area contributed by atoms with Crippen molar-refractivity contribution in [3.05, 3.63) is 12.2 Å². The highest BCUT2D eigenvalue weighted by molar-refractivity contribution is 5.44. The number of nitrogens with zero attached hydrogens (tertiary/aromatic N) is 1. The molecule has 0 aromatic carbocycles. The van der Waals surface area contributed by atoms with Gasteiger partial charge in [0.15, 0.2) is 0 Å². The molecule has 9 aliphatic rings. The minimum Gasteiger partial charge on any atom is -0.393 e. The summed E-state index contributed by atoms with van der Waals surface area (Å²) in [5.74, 6) is 1.33. The van der Waals surface area contributed by atoms with Crippen LogP contribution in [-0.2, 0) is 0 Å². The maximum absolute atomic E-state index is 11.3. The van der Waals surface area contributed by atoms with Crippen molar-refractivity contribution in [2.75, 3.05) is 6.54 Å². The first-order valence-electron chi connectivity index (χ1n) is 9.85. The minimum absolute atomic E-state index is 0.0358. The Bertz CT molecular complexity index is 709. The summed E-state index contributed by atoms with van der Waals surface area (Å²) < 4.78 is 0. The molecule has 9 fully saturated rings. The lowest BCUT2D eigenvalue weighted by Gasteiger charge is -2.66. The number of rotatable bonds is 0. The molecule has 4 heteroatoms.